The molecule has 74 valence electrons. The van der Waals surface area contributed by atoms with Crippen molar-refractivity contribution in [2.75, 3.05) is 6.61 Å². The van der Waals surface area contributed by atoms with E-state index in [0.717, 1.165) is 6.07 Å². The molecule has 0 unspecified atom stereocenters. The normalized spacial score (nSPS) is 9.36. The topological polar surface area (TPSA) is 20.2 Å². The quantitative estimate of drug-likeness (QED) is 0.567. The first-order chi connectivity index (χ1) is 6.74. The molecule has 0 amide bonds. The van der Waals surface area contributed by atoms with Gasteiger partial charge in [0.05, 0.1) is 5.56 Å². The van der Waals surface area contributed by atoms with Crippen molar-refractivity contribution < 1.29 is 13.9 Å². The molecule has 0 atom stereocenters. The van der Waals surface area contributed by atoms with E-state index in [9.17, 15) is 8.78 Å². The largest absolute Gasteiger partial charge is 0.396 e. The van der Waals surface area contributed by atoms with Crippen molar-refractivity contribution in [3.8, 4) is 11.8 Å². The third-order valence-electron chi connectivity index (χ3n) is 1.61. The van der Waals surface area contributed by atoms with Gasteiger partial charge < -0.3 is 5.11 Å². The molecule has 1 N–H and O–H groups in total. The summed E-state index contributed by atoms with van der Waals surface area (Å²) in [6.07, 6.45) is 1.07. The molecule has 0 heterocycles. The Morgan fingerprint density at radius 2 is 2.07 bits per heavy atom. The summed E-state index contributed by atoms with van der Waals surface area (Å²) in [5, 5.41) is 8.46. The number of halogens is 2. The highest BCUT2D eigenvalue weighted by Gasteiger charge is 1.99. The van der Waals surface area contributed by atoms with Gasteiger partial charge in [0, 0.05) is 19.1 Å². The average Bonchev–Trinajstić information content (AvgIpc) is 2.15. The predicted octanol–water partition coefficient (Wildman–Crippen LogP) is 2.09. The van der Waals surface area contributed by atoms with E-state index in [4.69, 9.17) is 5.11 Å². The van der Waals surface area contributed by atoms with Crippen LogP contribution in [0.25, 0.3) is 0 Å². The second-order valence-electron chi connectivity index (χ2n) is 2.75. The highest BCUT2D eigenvalue weighted by atomic mass is 19.1. The molecular weight excluding hydrogens is 186 g/mol. The van der Waals surface area contributed by atoms with Gasteiger partial charge in [0.25, 0.3) is 0 Å². The molecule has 0 fully saturated rings. The zero-order valence-electron chi connectivity index (χ0n) is 7.56. The first-order valence-corrected chi connectivity index (χ1v) is 4.29. The van der Waals surface area contributed by atoms with Crippen molar-refractivity contribution in [1.29, 1.82) is 0 Å². The zero-order chi connectivity index (χ0) is 10.4. The highest BCUT2D eigenvalue weighted by molar-refractivity contribution is 5.35. The Hall–Kier alpha value is -1.40. The molecule has 0 radical (unpaired) electrons. The van der Waals surface area contributed by atoms with E-state index < -0.39 is 11.6 Å². The fourth-order valence-corrected chi connectivity index (χ4v) is 0.916. The summed E-state index contributed by atoms with van der Waals surface area (Å²) in [5.74, 6) is 4.00. The van der Waals surface area contributed by atoms with Gasteiger partial charge >= 0.3 is 0 Å². The molecule has 0 aliphatic carbocycles. The van der Waals surface area contributed by atoms with Crippen molar-refractivity contribution in [1.82, 2.24) is 0 Å². The summed E-state index contributed by atoms with van der Waals surface area (Å²) >= 11 is 0. The average molecular weight is 196 g/mol. The lowest BCUT2D eigenvalue weighted by Crippen LogP contribution is -1.85. The standard InChI is InChI=1S/C11H10F2O/c12-10-6-5-9(11(13)8-10)4-2-1-3-7-14/h5-6,8,14H,1,3,7H2. The van der Waals surface area contributed by atoms with Gasteiger partial charge in [-0.15, -0.1) is 0 Å². The fourth-order valence-electron chi connectivity index (χ4n) is 0.916. The van der Waals surface area contributed by atoms with Crippen LogP contribution >= 0.6 is 0 Å². The number of unbranched alkanes of at least 4 members (excludes halogenated alkanes) is 1. The molecule has 14 heavy (non-hydrogen) atoms. The summed E-state index contributed by atoms with van der Waals surface area (Å²) in [6, 6.07) is 3.27. The van der Waals surface area contributed by atoms with Crippen molar-refractivity contribution in [2.24, 2.45) is 0 Å². The molecule has 1 rings (SSSR count). The Labute approximate surface area is 81.4 Å². The molecule has 0 aromatic heterocycles. The van der Waals surface area contributed by atoms with Gasteiger partial charge in [-0.1, -0.05) is 11.8 Å². The molecule has 0 saturated heterocycles. The first kappa shape index (κ1) is 10.7. The van der Waals surface area contributed by atoms with Crippen molar-refractivity contribution in [3.63, 3.8) is 0 Å². The van der Waals surface area contributed by atoms with Crippen molar-refractivity contribution >= 4 is 0 Å². The first-order valence-electron chi connectivity index (χ1n) is 4.29. The SMILES string of the molecule is OCCCC#Cc1ccc(F)cc1F. The Morgan fingerprint density at radius 1 is 1.29 bits per heavy atom. The fraction of sp³-hybridized carbons (Fsp3) is 0.273. The number of aliphatic hydroxyl groups excluding tert-OH is 1. The van der Waals surface area contributed by atoms with Gasteiger partial charge in [-0.3, -0.25) is 0 Å². The van der Waals surface area contributed by atoms with E-state index in [2.05, 4.69) is 11.8 Å². The van der Waals surface area contributed by atoms with E-state index >= 15 is 0 Å². The molecule has 0 spiro atoms. The molecular formula is C11H10F2O. The molecule has 1 nitrogen and oxygen atoms in total. The maximum Gasteiger partial charge on any atom is 0.141 e. The van der Waals surface area contributed by atoms with Gasteiger partial charge in [0.2, 0.25) is 0 Å². The van der Waals surface area contributed by atoms with Crippen LogP contribution in [0.3, 0.4) is 0 Å². The lowest BCUT2D eigenvalue weighted by molar-refractivity contribution is 0.290. The minimum atomic E-state index is -0.651. The highest BCUT2D eigenvalue weighted by Crippen LogP contribution is 2.07. The monoisotopic (exact) mass is 196 g/mol. The van der Waals surface area contributed by atoms with Gasteiger partial charge in [0.15, 0.2) is 0 Å². The van der Waals surface area contributed by atoms with Gasteiger partial charge in [0.1, 0.15) is 11.6 Å². The van der Waals surface area contributed by atoms with Crippen LogP contribution in [-0.2, 0) is 0 Å². The van der Waals surface area contributed by atoms with Crippen LogP contribution in [0.15, 0.2) is 18.2 Å². The van der Waals surface area contributed by atoms with Crippen LogP contribution in [-0.4, -0.2) is 11.7 Å². The van der Waals surface area contributed by atoms with Crippen molar-refractivity contribution in [3.05, 3.63) is 35.4 Å². The van der Waals surface area contributed by atoms with Gasteiger partial charge in [-0.05, 0) is 18.6 Å². The summed E-state index contributed by atoms with van der Waals surface area (Å²) < 4.78 is 25.4. The Morgan fingerprint density at radius 3 is 2.71 bits per heavy atom. The van der Waals surface area contributed by atoms with Crippen molar-refractivity contribution in [2.45, 2.75) is 12.8 Å². The van der Waals surface area contributed by atoms with Crippen LogP contribution in [0, 0.1) is 23.5 Å². The molecule has 1 aromatic carbocycles. The van der Waals surface area contributed by atoms with E-state index in [-0.39, 0.29) is 12.2 Å². The van der Waals surface area contributed by atoms with Crippen LogP contribution in [0.2, 0.25) is 0 Å². The molecule has 1 aromatic rings. The number of rotatable bonds is 2. The van der Waals surface area contributed by atoms with E-state index in [1.807, 2.05) is 0 Å². The zero-order valence-corrected chi connectivity index (χ0v) is 7.56. The summed E-state index contributed by atoms with van der Waals surface area (Å²) in [6.45, 7) is 0.0700. The summed E-state index contributed by atoms with van der Waals surface area (Å²) in [7, 11) is 0. The van der Waals surface area contributed by atoms with E-state index in [1.165, 1.54) is 12.1 Å². The lowest BCUT2D eigenvalue weighted by Gasteiger charge is -1.93. The van der Waals surface area contributed by atoms with Gasteiger partial charge in [-0.2, -0.15) is 0 Å². The molecule has 0 aliphatic rings. The minimum Gasteiger partial charge on any atom is -0.396 e. The second-order valence-corrected chi connectivity index (χ2v) is 2.75. The molecule has 3 heteroatoms. The Balaban J connectivity index is 2.70. The van der Waals surface area contributed by atoms with Crippen LogP contribution in [0.5, 0.6) is 0 Å². The summed E-state index contributed by atoms with van der Waals surface area (Å²) in [5.41, 5.74) is 0.185. The third-order valence-corrected chi connectivity index (χ3v) is 1.61. The number of aliphatic hydroxyl groups is 1. The third kappa shape index (κ3) is 3.15. The Bertz CT molecular complexity index is 363. The van der Waals surface area contributed by atoms with E-state index in [1.54, 1.807) is 0 Å². The number of benzene rings is 1. The number of hydrogen-bond acceptors (Lipinski definition) is 1. The predicted molar refractivity (Wildman–Crippen MR) is 49.6 cm³/mol. The van der Waals surface area contributed by atoms with Crippen LogP contribution in [0.4, 0.5) is 8.78 Å². The minimum absolute atomic E-state index is 0.0700. The maximum atomic E-state index is 13.0. The smallest absolute Gasteiger partial charge is 0.141 e. The molecule has 0 aliphatic heterocycles. The molecule has 0 bridgehead atoms. The maximum absolute atomic E-state index is 13.0. The van der Waals surface area contributed by atoms with E-state index in [0.29, 0.717) is 12.8 Å². The second kappa shape index (κ2) is 5.36. The Kier molecular flexibility index (Phi) is 4.09. The van der Waals surface area contributed by atoms with Crippen LogP contribution in [0.1, 0.15) is 18.4 Å². The van der Waals surface area contributed by atoms with Crippen LogP contribution < -0.4 is 0 Å². The summed E-state index contributed by atoms with van der Waals surface area (Å²) in [4.78, 5) is 0. The lowest BCUT2D eigenvalue weighted by atomic mass is 10.2. The number of hydrogen-bond donors (Lipinski definition) is 1. The van der Waals surface area contributed by atoms with Gasteiger partial charge in [-0.25, -0.2) is 8.78 Å². The molecule has 0 saturated carbocycles.